The topological polar surface area (TPSA) is 17.1 Å². The first kappa shape index (κ1) is 10.7. The van der Waals surface area contributed by atoms with Crippen LogP contribution in [-0.2, 0) is 4.79 Å². The van der Waals surface area contributed by atoms with Crippen LogP contribution in [0.4, 0.5) is 0 Å². The smallest absolute Gasteiger partial charge is 0.132 e. The van der Waals surface area contributed by atoms with E-state index in [1.165, 1.54) is 19.3 Å². The van der Waals surface area contributed by atoms with E-state index in [2.05, 4.69) is 13.8 Å². The first-order chi connectivity index (χ1) is 5.20. The lowest BCUT2D eigenvalue weighted by atomic mass is 9.98. The SMILES string of the molecule is CCCCC(C)CC(=O)CC. The molecule has 0 fully saturated rings. The Hall–Kier alpha value is -0.330. The number of rotatable bonds is 6. The van der Waals surface area contributed by atoms with E-state index in [9.17, 15) is 4.79 Å². The van der Waals surface area contributed by atoms with Gasteiger partial charge in [0.25, 0.3) is 0 Å². The summed E-state index contributed by atoms with van der Waals surface area (Å²) >= 11 is 0. The molecule has 1 heteroatoms. The summed E-state index contributed by atoms with van der Waals surface area (Å²) in [7, 11) is 0. The van der Waals surface area contributed by atoms with E-state index < -0.39 is 0 Å². The average molecular weight is 156 g/mol. The Kier molecular flexibility index (Phi) is 6.19. The first-order valence-corrected chi connectivity index (χ1v) is 4.72. The summed E-state index contributed by atoms with van der Waals surface area (Å²) in [4.78, 5) is 11.0. The van der Waals surface area contributed by atoms with Crippen LogP contribution in [0.15, 0.2) is 0 Å². The first-order valence-electron chi connectivity index (χ1n) is 4.72. The molecule has 0 aliphatic heterocycles. The van der Waals surface area contributed by atoms with E-state index in [1.807, 2.05) is 6.92 Å². The highest BCUT2D eigenvalue weighted by atomic mass is 16.1. The van der Waals surface area contributed by atoms with E-state index in [0.717, 1.165) is 6.42 Å². The van der Waals surface area contributed by atoms with Crippen LogP contribution >= 0.6 is 0 Å². The molecular weight excluding hydrogens is 136 g/mol. The third kappa shape index (κ3) is 6.08. The Bertz CT molecular complexity index is 107. The fourth-order valence-electron chi connectivity index (χ4n) is 1.19. The maximum Gasteiger partial charge on any atom is 0.132 e. The van der Waals surface area contributed by atoms with Gasteiger partial charge >= 0.3 is 0 Å². The highest BCUT2D eigenvalue weighted by Gasteiger charge is 2.05. The van der Waals surface area contributed by atoms with E-state index in [1.54, 1.807) is 0 Å². The van der Waals surface area contributed by atoms with Gasteiger partial charge in [-0.15, -0.1) is 0 Å². The summed E-state index contributed by atoms with van der Waals surface area (Å²) < 4.78 is 0. The Labute approximate surface area is 70.2 Å². The Morgan fingerprint density at radius 3 is 2.45 bits per heavy atom. The Morgan fingerprint density at radius 2 is 2.00 bits per heavy atom. The molecule has 66 valence electrons. The van der Waals surface area contributed by atoms with Crippen LogP contribution in [0.1, 0.15) is 52.9 Å². The van der Waals surface area contributed by atoms with Crippen LogP contribution in [0.5, 0.6) is 0 Å². The molecule has 0 radical (unpaired) electrons. The summed E-state index contributed by atoms with van der Waals surface area (Å²) in [5, 5.41) is 0. The molecule has 11 heavy (non-hydrogen) atoms. The predicted octanol–water partition coefficient (Wildman–Crippen LogP) is 3.18. The monoisotopic (exact) mass is 156 g/mol. The van der Waals surface area contributed by atoms with Gasteiger partial charge in [-0.2, -0.15) is 0 Å². The summed E-state index contributed by atoms with van der Waals surface area (Å²) in [6.07, 6.45) is 5.21. The highest BCUT2D eigenvalue weighted by Crippen LogP contribution is 2.12. The molecular formula is C10H20O. The maximum atomic E-state index is 11.0. The standard InChI is InChI=1S/C10H20O/c1-4-6-7-9(3)8-10(11)5-2/h9H,4-8H2,1-3H3. The summed E-state index contributed by atoms with van der Waals surface area (Å²) in [5.41, 5.74) is 0. The van der Waals surface area contributed by atoms with Crippen LogP contribution < -0.4 is 0 Å². The van der Waals surface area contributed by atoms with Gasteiger partial charge in [-0.3, -0.25) is 4.79 Å². The number of hydrogen-bond acceptors (Lipinski definition) is 1. The molecule has 0 amide bonds. The molecule has 0 aromatic rings. The number of unbranched alkanes of at least 4 members (excludes halogenated alkanes) is 1. The zero-order chi connectivity index (χ0) is 8.69. The van der Waals surface area contributed by atoms with Crippen LogP contribution in [-0.4, -0.2) is 5.78 Å². The van der Waals surface area contributed by atoms with Crippen molar-refractivity contribution in [3.05, 3.63) is 0 Å². The normalized spacial score (nSPS) is 13.0. The zero-order valence-electron chi connectivity index (χ0n) is 8.02. The largest absolute Gasteiger partial charge is 0.300 e. The summed E-state index contributed by atoms with van der Waals surface area (Å²) in [5.74, 6) is 1.01. The molecule has 0 rings (SSSR count). The van der Waals surface area contributed by atoms with Gasteiger partial charge in [0.15, 0.2) is 0 Å². The van der Waals surface area contributed by atoms with Crippen molar-refractivity contribution in [3.63, 3.8) is 0 Å². The number of hydrogen-bond donors (Lipinski definition) is 0. The van der Waals surface area contributed by atoms with E-state index >= 15 is 0 Å². The Balaban J connectivity index is 3.35. The van der Waals surface area contributed by atoms with Crippen molar-refractivity contribution in [2.24, 2.45) is 5.92 Å². The van der Waals surface area contributed by atoms with Gasteiger partial charge in [0.2, 0.25) is 0 Å². The molecule has 1 unspecified atom stereocenters. The molecule has 0 spiro atoms. The lowest BCUT2D eigenvalue weighted by Crippen LogP contribution is -2.03. The molecule has 0 aromatic carbocycles. The quantitative estimate of drug-likeness (QED) is 0.577. The van der Waals surface area contributed by atoms with Gasteiger partial charge in [0.05, 0.1) is 0 Å². The van der Waals surface area contributed by atoms with Crippen molar-refractivity contribution in [2.75, 3.05) is 0 Å². The number of carbonyl (C=O) groups is 1. The third-order valence-corrected chi connectivity index (χ3v) is 2.02. The second kappa shape index (κ2) is 6.38. The summed E-state index contributed by atoms with van der Waals surface area (Å²) in [6.45, 7) is 6.30. The average Bonchev–Trinajstić information content (AvgIpc) is 2.00. The second-order valence-electron chi connectivity index (χ2n) is 3.34. The van der Waals surface area contributed by atoms with Crippen LogP contribution in [0.3, 0.4) is 0 Å². The number of Topliss-reactive ketones (excluding diaryl/α,β-unsaturated/α-hetero) is 1. The summed E-state index contributed by atoms with van der Waals surface area (Å²) in [6, 6.07) is 0. The molecule has 0 saturated heterocycles. The van der Waals surface area contributed by atoms with Crippen LogP contribution in [0.25, 0.3) is 0 Å². The third-order valence-electron chi connectivity index (χ3n) is 2.02. The fraction of sp³-hybridized carbons (Fsp3) is 0.900. The maximum absolute atomic E-state index is 11.0. The fourth-order valence-corrected chi connectivity index (χ4v) is 1.19. The highest BCUT2D eigenvalue weighted by molar-refractivity contribution is 5.78. The van der Waals surface area contributed by atoms with Crippen molar-refractivity contribution in [2.45, 2.75) is 52.9 Å². The molecule has 0 bridgehead atoms. The number of ketones is 1. The van der Waals surface area contributed by atoms with Gasteiger partial charge in [-0.25, -0.2) is 0 Å². The molecule has 0 saturated carbocycles. The van der Waals surface area contributed by atoms with Crippen molar-refractivity contribution < 1.29 is 4.79 Å². The predicted molar refractivity (Wildman–Crippen MR) is 48.6 cm³/mol. The minimum absolute atomic E-state index is 0.411. The van der Waals surface area contributed by atoms with Crippen molar-refractivity contribution in [3.8, 4) is 0 Å². The molecule has 1 atom stereocenters. The molecule has 0 aliphatic carbocycles. The van der Waals surface area contributed by atoms with Crippen molar-refractivity contribution in [1.82, 2.24) is 0 Å². The second-order valence-corrected chi connectivity index (χ2v) is 3.34. The molecule has 0 aromatic heterocycles. The van der Waals surface area contributed by atoms with Crippen LogP contribution in [0, 0.1) is 5.92 Å². The Morgan fingerprint density at radius 1 is 1.36 bits per heavy atom. The minimum atomic E-state index is 0.411. The van der Waals surface area contributed by atoms with Crippen LogP contribution in [0.2, 0.25) is 0 Å². The zero-order valence-corrected chi connectivity index (χ0v) is 8.02. The minimum Gasteiger partial charge on any atom is -0.300 e. The van der Waals surface area contributed by atoms with Gasteiger partial charge < -0.3 is 0 Å². The van der Waals surface area contributed by atoms with Gasteiger partial charge in [0.1, 0.15) is 5.78 Å². The van der Waals surface area contributed by atoms with Gasteiger partial charge in [-0.05, 0) is 5.92 Å². The molecule has 0 heterocycles. The molecule has 1 nitrogen and oxygen atoms in total. The van der Waals surface area contributed by atoms with Gasteiger partial charge in [0, 0.05) is 12.8 Å². The van der Waals surface area contributed by atoms with E-state index in [0.29, 0.717) is 18.1 Å². The van der Waals surface area contributed by atoms with Gasteiger partial charge in [-0.1, -0.05) is 40.0 Å². The number of carbonyl (C=O) groups excluding carboxylic acids is 1. The lowest BCUT2D eigenvalue weighted by molar-refractivity contribution is -0.119. The lowest BCUT2D eigenvalue weighted by Gasteiger charge is -2.07. The van der Waals surface area contributed by atoms with E-state index in [4.69, 9.17) is 0 Å². The van der Waals surface area contributed by atoms with Crippen molar-refractivity contribution >= 4 is 5.78 Å². The molecule has 0 aliphatic rings. The van der Waals surface area contributed by atoms with Crippen molar-refractivity contribution in [1.29, 1.82) is 0 Å². The molecule has 0 N–H and O–H groups in total. The van der Waals surface area contributed by atoms with E-state index in [-0.39, 0.29) is 0 Å².